The molecule has 1 aromatic rings. The fraction of sp³-hybridized carbons (Fsp3) is 0.615. The maximum atomic E-state index is 14.4. The second kappa shape index (κ2) is 3.76. The summed E-state index contributed by atoms with van der Waals surface area (Å²) < 4.78 is 18.1. The molecule has 2 aliphatic rings. The number of hydrogen-bond acceptors (Lipinski definition) is 2. The predicted octanol–water partition coefficient (Wildman–Crippen LogP) is 2.49. The molecule has 0 saturated heterocycles. The molecule has 0 saturated carbocycles. The van der Waals surface area contributed by atoms with Gasteiger partial charge in [-0.25, -0.2) is 4.39 Å². The second-order valence-corrected chi connectivity index (χ2v) is 6.66. The van der Waals surface area contributed by atoms with Crippen molar-refractivity contribution in [1.29, 1.82) is 0 Å². The lowest BCUT2D eigenvalue weighted by atomic mass is 9.90. The molecule has 5 heteroatoms. The smallest absolute Gasteiger partial charge is 0.268 e. The topological polar surface area (TPSA) is 25.2 Å². The van der Waals surface area contributed by atoms with Crippen molar-refractivity contribution in [2.24, 2.45) is 5.41 Å². The third kappa shape index (κ3) is 1.53. The standard InChI is InChI=1S/C13H17FN2OS/c1-13(2)6-9-11(14)10-8(15(9)7-13)4-5-16(18-3)12(10)17/h4-7H2,1-3H3. The lowest BCUT2D eigenvalue weighted by Crippen LogP contribution is -2.33. The van der Waals surface area contributed by atoms with Gasteiger partial charge >= 0.3 is 0 Å². The van der Waals surface area contributed by atoms with E-state index in [-0.39, 0.29) is 17.1 Å². The molecular weight excluding hydrogens is 251 g/mol. The summed E-state index contributed by atoms with van der Waals surface area (Å²) in [6.07, 6.45) is 3.33. The summed E-state index contributed by atoms with van der Waals surface area (Å²) in [7, 11) is 0. The first-order valence-corrected chi connectivity index (χ1v) is 7.38. The Balaban J connectivity index is 2.11. The van der Waals surface area contributed by atoms with Crippen LogP contribution in [0.2, 0.25) is 0 Å². The quantitative estimate of drug-likeness (QED) is 0.731. The summed E-state index contributed by atoms with van der Waals surface area (Å²) >= 11 is 1.37. The fourth-order valence-electron chi connectivity index (χ4n) is 3.07. The number of amides is 1. The van der Waals surface area contributed by atoms with Gasteiger partial charge in [-0.3, -0.25) is 9.10 Å². The van der Waals surface area contributed by atoms with E-state index >= 15 is 0 Å². The van der Waals surface area contributed by atoms with Crippen molar-refractivity contribution in [3.8, 4) is 0 Å². The number of rotatable bonds is 1. The van der Waals surface area contributed by atoms with Crippen molar-refractivity contribution in [2.45, 2.75) is 33.2 Å². The summed E-state index contributed by atoms with van der Waals surface area (Å²) in [6, 6.07) is 0. The van der Waals surface area contributed by atoms with Crippen LogP contribution in [0.25, 0.3) is 0 Å². The Morgan fingerprint density at radius 2 is 2.06 bits per heavy atom. The van der Waals surface area contributed by atoms with E-state index in [4.69, 9.17) is 0 Å². The molecule has 0 aromatic carbocycles. The summed E-state index contributed by atoms with van der Waals surface area (Å²) in [6.45, 7) is 5.78. The molecule has 1 amide bonds. The highest BCUT2D eigenvalue weighted by Gasteiger charge is 2.40. The first-order chi connectivity index (χ1) is 8.44. The van der Waals surface area contributed by atoms with E-state index in [2.05, 4.69) is 13.8 Å². The Bertz CT molecular complexity index is 536. The number of carbonyl (C=O) groups is 1. The van der Waals surface area contributed by atoms with Crippen LogP contribution in [-0.4, -0.2) is 27.6 Å². The highest BCUT2D eigenvalue weighted by atomic mass is 32.2. The third-order valence-electron chi connectivity index (χ3n) is 3.86. The molecule has 3 nitrogen and oxygen atoms in total. The molecule has 0 radical (unpaired) electrons. The van der Waals surface area contributed by atoms with Crippen LogP contribution in [0, 0.1) is 11.2 Å². The zero-order valence-electron chi connectivity index (χ0n) is 10.9. The molecule has 0 unspecified atom stereocenters. The van der Waals surface area contributed by atoms with Crippen LogP contribution in [0.4, 0.5) is 4.39 Å². The molecular formula is C13H17FN2OS. The molecule has 98 valence electrons. The SMILES string of the molecule is CSN1CCc2c(c(F)c3n2CC(C)(C)C3)C1=O. The highest BCUT2D eigenvalue weighted by molar-refractivity contribution is 7.96. The highest BCUT2D eigenvalue weighted by Crippen LogP contribution is 2.39. The van der Waals surface area contributed by atoms with Gasteiger partial charge in [0, 0.05) is 31.5 Å². The molecule has 2 aliphatic heterocycles. The average Bonchev–Trinajstić information content (AvgIpc) is 2.74. The van der Waals surface area contributed by atoms with E-state index in [1.807, 2.05) is 10.8 Å². The van der Waals surface area contributed by atoms with Crippen molar-refractivity contribution in [3.63, 3.8) is 0 Å². The van der Waals surface area contributed by atoms with Crippen molar-refractivity contribution in [3.05, 3.63) is 22.8 Å². The van der Waals surface area contributed by atoms with Crippen LogP contribution in [0.1, 0.15) is 35.6 Å². The number of hydrogen-bond donors (Lipinski definition) is 0. The van der Waals surface area contributed by atoms with E-state index in [0.717, 1.165) is 30.8 Å². The molecule has 0 spiro atoms. The van der Waals surface area contributed by atoms with Gasteiger partial charge in [0.05, 0.1) is 11.3 Å². The van der Waals surface area contributed by atoms with Crippen LogP contribution in [-0.2, 0) is 19.4 Å². The van der Waals surface area contributed by atoms with E-state index in [1.165, 1.54) is 11.9 Å². The van der Waals surface area contributed by atoms with Crippen molar-refractivity contribution in [1.82, 2.24) is 8.87 Å². The van der Waals surface area contributed by atoms with Crippen LogP contribution in [0.5, 0.6) is 0 Å². The summed E-state index contributed by atoms with van der Waals surface area (Å²) in [4.78, 5) is 12.2. The molecule has 0 N–H and O–H groups in total. The minimum atomic E-state index is -0.278. The lowest BCUT2D eigenvalue weighted by Gasteiger charge is -2.26. The number of halogens is 1. The zero-order valence-corrected chi connectivity index (χ0v) is 11.7. The van der Waals surface area contributed by atoms with Gasteiger partial charge < -0.3 is 4.57 Å². The maximum absolute atomic E-state index is 14.4. The molecule has 0 atom stereocenters. The number of fused-ring (bicyclic) bond motifs is 3. The Kier molecular flexibility index (Phi) is 2.52. The van der Waals surface area contributed by atoms with Crippen molar-refractivity contribution in [2.75, 3.05) is 12.8 Å². The van der Waals surface area contributed by atoms with Crippen molar-refractivity contribution < 1.29 is 9.18 Å². The first kappa shape index (κ1) is 12.1. The van der Waals surface area contributed by atoms with Gasteiger partial charge in [-0.1, -0.05) is 25.8 Å². The van der Waals surface area contributed by atoms with E-state index in [9.17, 15) is 9.18 Å². The molecule has 0 fully saturated rings. The van der Waals surface area contributed by atoms with E-state index < -0.39 is 0 Å². The van der Waals surface area contributed by atoms with Gasteiger partial charge in [0.25, 0.3) is 5.91 Å². The maximum Gasteiger partial charge on any atom is 0.268 e. The van der Waals surface area contributed by atoms with E-state index in [1.54, 1.807) is 4.31 Å². The first-order valence-electron chi connectivity index (χ1n) is 6.20. The summed E-state index contributed by atoms with van der Waals surface area (Å²) in [5.41, 5.74) is 2.05. The average molecular weight is 268 g/mol. The van der Waals surface area contributed by atoms with Crippen LogP contribution in [0.15, 0.2) is 0 Å². The van der Waals surface area contributed by atoms with Crippen LogP contribution >= 0.6 is 11.9 Å². The predicted molar refractivity (Wildman–Crippen MR) is 70.1 cm³/mol. The minimum absolute atomic E-state index is 0.102. The summed E-state index contributed by atoms with van der Waals surface area (Å²) in [5, 5.41) is 0. The van der Waals surface area contributed by atoms with E-state index in [0.29, 0.717) is 12.1 Å². The minimum Gasteiger partial charge on any atom is -0.344 e. The Labute approximate surface area is 110 Å². The van der Waals surface area contributed by atoms with Crippen molar-refractivity contribution >= 4 is 17.9 Å². The number of nitrogens with zero attached hydrogens (tertiary/aromatic N) is 2. The van der Waals surface area contributed by atoms with Gasteiger partial charge in [-0.2, -0.15) is 0 Å². The molecule has 0 aliphatic carbocycles. The van der Waals surface area contributed by atoms with Gasteiger partial charge in [0.1, 0.15) is 0 Å². The molecule has 3 heterocycles. The Morgan fingerprint density at radius 1 is 1.33 bits per heavy atom. The second-order valence-electron chi connectivity index (χ2n) is 5.85. The monoisotopic (exact) mass is 268 g/mol. The third-order valence-corrected chi connectivity index (χ3v) is 4.65. The molecule has 0 bridgehead atoms. The zero-order chi connectivity index (χ0) is 13.1. The van der Waals surface area contributed by atoms with Gasteiger partial charge in [-0.15, -0.1) is 0 Å². The van der Waals surface area contributed by atoms with Gasteiger partial charge in [0.2, 0.25) is 0 Å². The Hall–Kier alpha value is -0.970. The number of aromatic nitrogens is 1. The fourth-order valence-corrected chi connectivity index (χ4v) is 3.60. The molecule has 1 aromatic heterocycles. The molecule has 18 heavy (non-hydrogen) atoms. The normalized spacial score (nSPS) is 21.1. The number of carbonyl (C=O) groups excluding carboxylic acids is 1. The van der Waals surface area contributed by atoms with Gasteiger partial charge in [-0.05, 0) is 11.8 Å². The molecule has 3 rings (SSSR count). The Morgan fingerprint density at radius 3 is 2.72 bits per heavy atom. The van der Waals surface area contributed by atoms with Gasteiger partial charge in [0.15, 0.2) is 5.82 Å². The lowest BCUT2D eigenvalue weighted by molar-refractivity contribution is 0.0855. The van der Waals surface area contributed by atoms with Crippen LogP contribution < -0.4 is 0 Å². The largest absolute Gasteiger partial charge is 0.344 e. The summed E-state index contributed by atoms with van der Waals surface area (Å²) in [5.74, 6) is -0.444. The van der Waals surface area contributed by atoms with Crippen LogP contribution in [0.3, 0.4) is 0 Å².